The van der Waals surface area contributed by atoms with E-state index in [-0.39, 0.29) is 5.60 Å². The quantitative estimate of drug-likeness (QED) is 0.796. The number of carbonyl (C=O) groups excluding carboxylic acids is 1. The van der Waals surface area contributed by atoms with Crippen LogP contribution in [0.3, 0.4) is 0 Å². The predicted molar refractivity (Wildman–Crippen MR) is 89.2 cm³/mol. The summed E-state index contributed by atoms with van der Waals surface area (Å²) in [6.45, 7) is 3.47. The highest BCUT2D eigenvalue weighted by molar-refractivity contribution is 7.12. The number of rotatable bonds is 2. The van der Waals surface area contributed by atoms with Gasteiger partial charge in [0.15, 0.2) is 6.29 Å². The van der Waals surface area contributed by atoms with Crippen molar-refractivity contribution >= 4 is 17.6 Å². The van der Waals surface area contributed by atoms with Crippen LogP contribution in [0.1, 0.15) is 28.1 Å². The lowest BCUT2D eigenvalue weighted by molar-refractivity contribution is -0.0814. The van der Waals surface area contributed by atoms with Gasteiger partial charge in [0.05, 0.1) is 4.88 Å². The second-order valence-corrected chi connectivity index (χ2v) is 7.88. The third-order valence-corrected chi connectivity index (χ3v) is 6.47. The molecule has 1 spiro atoms. The van der Waals surface area contributed by atoms with Gasteiger partial charge in [-0.25, -0.2) is 4.98 Å². The number of hydrogen-bond acceptors (Lipinski definition) is 5. The summed E-state index contributed by atoms with van der Waals surface area (Å²) < 4.78 is 6.38. The zero-order chi connectivity index (χ0) is 15.4. The van der Waals surface area contributed by atoms with Crippen LogP contribution < -0.4 is 4.74 Å². The van der Waals surface area contributed by atoms with Crippen LogP contribution in [0.15, 0.2) is 23.7 Å². The van der Waals surface area contributed by atoms with E-state index in [9.17, 15) is 4.79 Å². The summed E-state index contributed by atoms with van der Waals surface area (Å²) in [4.78, 5) is 18.7. The number of ether oxygens (including phenoxy) is 1. The van der Waals surface area contributed by atoms with E-state index in [1.165, 1.54) is 42.8 Å². The van der Waals surface area contributed by atoms with Crippen LogP contribution in [-0.4, -0.2) is 41.4 Å². The molecule has 0 radical (unpaired) electrons. The molecule has 1 atom stereocenters. The fourth-order valence-corrected chi connectivity index (χ4v) is 5.15. The molecule has 3 saturated heterocycles. The fourth-order valence-electron chi connectivity index (χ4n) is 4.43. The summed E-state index contributed by atoms with van der Waals surface area (Å²) in [5.74, 6) is 1.47. The molecule has 3 fully saturated rings. The first-order valence-electron chi connectivity index (χ1n) is 8.20. The van der Waals surface area contributed by atoms with Crippen molar-refractivity contribution in [3.63, 3.8) is 0 Å². The number of thiophene rings is 1. The molecule has 6 heterocycles. The highest BCUT2D eigenvalue weighted by atomic mass is 32.1. The van der Waals surface area contributed by atoms with E-state index in [1.54, 1.807) is 0 Å². The van der Waals surface area contributed by atoms with Gasteiger partial charge in [0.25, 0.3) is 0 Å². The minimum atomic E-state index is -0.0486. The Morgan fingerprint density at radius 2 is 2.17 bits per heavy atom. The van der Waals surface area contributed by atoms with Crippen molar-refractivity contribution in [2.75, 3.05) is 19.6 Å². The zero-order valence-corrected chi connectivity index (χ0v) is 13.6. The van der Waals surface area contributed by atoms with Crippen LogP contribution in [0.5, 0.6) is 5.88 Å². The van der Waals surface area contributed by atoms with Gasteiger partial charge in [0.1, 0.15) is 5.60 Å². The SMILES string of the molecule is O=Cc1cc(-c2cnc3c(c2)C[C@@]2(CN4CCC2CC4)O3)cs1. The lowest BCUT2D eigenvalue weighted by Crippen LogP contribution is -2.61. The molecular weight excluding hydrogens is 308 g/mol. The number of aromatic nitrogens is 1. The number of aldehydes is 1. The first-order chi connectivity index (χ1) is 11.3. The van der Waals surface area contributed by atoms with Crippen molar-refractivity contribution in [3.05, 3.63) is 34.2 Å². The highest BCUT2D eigenvalue weighted by Gasteiger charge is 2.52. The molecule has 6 rings (SSSR count). The van der Waals surface area contributed by atoms with Gasteiger partial charge in [0.2, 0.25) is 5.88 Å². The molecule has 0 aromatic carbocycles. The van der Waals surface area contributed by atoms with Gasteiger partial charge >= 0.3 is 0 Å². The molecule has 4 aliphatic heterocycles. The van der Waals surface area contributed by atoms with E-state index >= 15 is 0 Å². The Kier molecular flexibility index (Phi) is 2.91. The standard InChI is InChI=1S/C18H18N2O2S/c21-9-16-6-14(10-23-16)13-5-12-7-18(22-17(12)19-8-13)11-20-3-1-15(18)2-4-20/h5-6,8-10,15H,1-4,7,11H2/t18-/m0/s1. The van der Waals surface area contributed by atoms with Gasteiger partial charge in [-0.1, -0.05) is 0 Å². The molecule has 5 heteroatoms. The van der Waals surface area contributed by atoms with E-state index < -0.39 is 0 Å². The second-order valence-electron chi connectivity index (χ2n) is 6.94. The Morgan fingerprint density at radius 1 is 1.30 bits per heavy atom. The van der Waals surface area contributed by atoms with Crippen LogP contribution in [0.4, 0.5) is 0 Å². The summed E-state index contributed by atoms with van der Waals surface area (Å²) in [5.41, 5.74) is 3.32. The largest absolute Gasteiger partial charge is 0.469 e. The maximum absolute atomic E-state index is 10.9. The third kappa shape index (κ3) is 2.07. The topological polar surface area (TPSA) is 42.4 Å². The Morgan fingerprint density at radius 3 is 2.87 bits per heavy atom. The average Bonchev–Trinajstić information content (AvgIpc) is 3.19. The summed E-state index contributed by atoms with van der Waals surface area (Å²) >= 11 is 1.48. The van der Waals surface area contributed by atoms with E-state index in [0.29, 0.717) is 5.92 Å². The van der Waals surface area contributed by atoms with Crippen LogP contribution in [0.2, 0.25) is 0 Å². The third-order valence-electron chi connectivity index (χ3n) is 5.61. The second kappa shape index (κ2) is 4.89. The van der Waals surface area contributed by atoms with Gasteiger partial charge in [-0.3, -0.25) is 9.69 Å². The minimum absolute atomic E-state index is 0.0486. The summed E-state index contributed by atoms with van der Waals surface area (Å²) in [6, 6.07) is 4.13. The molecule has 23 heavy (non-hydrogen) atoms. The van der Waals surface area contributed by atoms with Gasteiger partial charge < -0.3 is 4.74 Å². The molecule has 0 amide bonds. The monoisotopic (exact) mass is 326 g/mol. The molecule has 0 saturated carbocycles. The van der Waals surface area contributed by atoms with Gasteiger partial charge in [-0.05, 0) is 49.0 Å². The van der Waals surface area contributed by atoms with E-state index in [4.69, 9.17) is 4.74 Å². The van der Waals surface area contributed by atoms with Crippen molar-refractivity contribution < 1.29 is 9.53 Å². The normalized spacial score (nSPS) is 31.1. The van der Waals surface area contributed by atoms with E-state index in [0.717, 1.165) is 41.1 Å². The van der Waals surface area contributed by atoms with Crippen molar-refractivity contribution in [2.24, 2.45) is 5.92 Å². The number of pyridine rings is 1. The van der Waals surface area contributed by atoms with Gasteiger partial charge in [-0.15, -0.1) is 11.3 Å². The van der Waals surface area contributed by atoms with Crippen molar-refractivity contribution in [1.82, 2.24) is 9.88 Å². The number of carbonyl (C=O) groups is 1. The van der Waals surface area contributed by atoms with Crippen molar-refractivity contribution in [2.45, 2.75) is 24.9 Å². The molecule has 0 unspecified atom stereocenters. The first kappa shape index (κ1) is 13.7. The Hall–Kier alpha value is -1.72. The summed E-state index contributed by atoms with van der Waals surface area (Å²) in [5, 5.41) is 2.02. The van der Waals surface area contributed by atoms with Crippen molar-refractivity contribution in [1.29, 1.82) is 0 Å². The molecular formula is C18H18N2O2S. The van der Waals surface area contributed by atoms with E-state index in [1.807, 2.05) is 17.6 Å². The van der Waals surface area contributed by atoms with Crippen LogP contribution in [-0.2, 0) is 6.42 Å². The molecule has 0 aliphatic carbocycles. The van der Waals surface area contributed by atoms with Crippen LogP contribution >= 0.6 is 11.3 Å². The summed E-state index contributed by atoms with van der Waals surface area (Å²) in [6.07, 6.45) is 6.23. The Bertz CT molecular complexity index is 779. The molecule has 2 bridgehead atoms. The van der Waals surface area contributed by atoms with E-state index in [2.05, 4.69) is 16.0 Å². The molecule has 2 aromatic heterocycles. The Labute approximate surface area is 139 Å². The highest BCUT2D eigenvalue weighted by Crippen LogP contribution is 2.46. The number of fused-ring (bicyclic) bond motifs is 3. The minimum Gasteiger partial charge on any atom is -0.469 e. The maximum Gasteiger partial charge on any atom is 0.217 e. The maximum atomic E-state index is 10.9. The smallest absolute Gasteiger partial charge is 0.217 e. The fraction of sp³-hybridized carbons (Fsp3) is 0.444. The number of hydrogen-bond donors (Lipinski definition) is 0. The van der Waals surface area contributed by atoms with Crippen LogP contribution in [0, 0.1) is 5.92 Å². The van der Waals surface area contributed by atoms with Crippen LogP contribution in [0.25, 0.3) is 11.1 Å². The van der Waals surface area contributed by atoms with Gasteiger partial charge in [-0.2, -0.15) is 0 Å². The zero-order valence-electron chi connectivity index (χ0n) is 12.8. The number of nitrogens with zero attached hydrogens (tertiary/aromatic N) is 2. The summed E-state index contributed by atoms with van der Waals surface area (Å²) in [7, 11) is 0. The molecule has 4 aliphatic rings. The molecule has 2 aromatic rings. The van der Waals surface area contributed by atoms with Crippen molar-refractivity contribution in [3.8, 4) is 17.0 Å². The van der Waals surface area contributed by atoms with Gasteiger partial charge in [0, 0.05) is 36.2 Å². The number of piperidine rings is 3. The molecule has 4 nitrogen and oxygen atoms in total. The lowest BCUT2D eigenvalue weighted by Gasteiger charge is -2.50. The Balaban J connectivity index is 1.48. The molecule has 0 N–H and O–H groups in total. The molecule has 118 valence electrons. The average molecular weight is 326 g/mol. The lowest BCUT2D eigenvalue weighted by atomic mass is 9.73. The first-order valence-corrected chi connectivity index (χ1v) is 9.08. The predicted octanol–water partition coefficient (Wildman–Crippen LogP) is 3.02.